The van der Waals surface area contributed by atoms with Gasteiger partial charge in [-0.1, -0.05) is 26.0 Å². The molecule has 14 heavy (non-hydrogen) atoms. The summed E-state index contributed by atoms with van der Waals surface area (Å²) in [6, 6.07) is 6.19. The zero-order chi connectivity index (χ0) is 10.4. The number of benzene rings is 1. The van der Waals surface area contributed by atoms with Crippen molar-refractivity contribution in [1.29, 1.82) is 0 Å². The molecule has 0 aromatic heterocycles. The summed E-state index contributed by atoms with van der Waals surface area (Å²) >= 11 is 0. The molecule has 0 fully saturated rings. The highest BCUT2D eigenvalue weighted by Gasteiger charge is 2.02. The van der Waals surface area contributed by atoms with Crippen LogP contribution in [-0.4, -0.2) is 6.61 Å². The van der Waals surface area contributed by atoms with Gasteiger partial charge in [0.15, 0.2) is 0 Å². The molecule has 2 nitrogen and oxygen atoms in total. The van der Waals surface area contributed by atoms with Crippen molar-refractivity contribution < 1.29 is 4.74 Å². The van der Waals surface area contributed by atoms with E-state index < -0.39 is 0 Å². The molecule has 0 aliphatic heterocycles. The van der Waals surface area contributed by atoms with E-state index in [9.17, 15) is 0 Å². The van der Waals surface area contributed by atoms with Crippen molar-refractivity contribution in [2.45, 2.75) is 33.2 Å². The summed E-state index contributed by atoms with van der Waals surface area (Å²) < 4.78 is 5.64. The van der Waals surface area contributed by atoms with Crippen LogP contribution >= 0.6 is 0 Å². The van der Waals surface area contributed by atoms with E-state index in [-0.39, 0.29) is 0 Å². The number of hydrogen-bond acceptors (Lipinski definition) is 2. The highest BCUT2D eigenvalue weighted by molar-refractivity contribution is 5.37. The summed E-state index contributed by atoms with van der Waals surface area (Å²) in [6.07, 6.45) is 2.04. The lowest BCUT2D eigenvalue weighted by atomic mass is 10.1. The minimum absolute atomic E-state index is 0.598. The van der Waals surface area contributed by atoms with Gasteiger partial charge < -0.3 is 10.5 Å². The van der Waals surface area contributed by atoms with Crippen LogP contribution in [-0.2, 0) is 13.0 Å². The second kappa shape index (κ2) is 5.66. The smallest absolute Gasteiger partial charge is 0.122 e. The normalized spacial score (nSPS) is 10.2. The van der Waals surface area contributed by atoms with Crippen LogP contribution in [0.5, 0.6) is 5.75 Å². The van der Waals surface area contributed by atoms with Gasteiger partial charge in [-0.15, -0.1) is 0 Å². The Kier molecular flexibility index (Phi) is 4.47. The molecule has 0 spiro atoms. The quantitative estimate of drug-likeness (QED) is 0.779. The summed E-state index contributed by atoms with van der Waals surface area (Å²) in [6.45, 7) is 5.63. The van der Waals surface area contributed by atoms with Crippen LogP contribution in [0.15, 0.2) is 18.2 Å². The topological polar surface area (TPSA) is 35.2 Å². The fraction of sp³-hybridized carbons (Fsp3) is 0.500. The maximum Gasteiger partial charge on any atom is 0.122 e. The highest BCUT2D eigenvalue weighted by Crippen LogP contribution is 2.20. The zero-order valence-corrected chi connectivity index (χ0v) is 9.05. The van der Waals surface area contributed by atoms with Gasteiger partial charge in [-0.05, 0) is 30.0 Å². The van der Waals surface area contributed by atoms with Crippen LogP contribution in [0.4, 0.5) is 0 Å². The Hall–Kier alpha value is -1.02. The lowest BCUT2D eigenvalue weighted by Gasteiger charge is -2.10. The number of ether oxygens (including phenoxy) is 1. The summed E-state index contributed by atoms with van der Waals surface area (Å²) in [5, 5.41) is 0. The van der Waals surface area contributed by atoms with Gasteiger partial charge in [-0.2, -0.15) is 0 Å². The van der Waals surface area contributed by atoms with E-state index in [1.165, 1.54) is 11.1 Å². The third-order valence-corrected chi connectivity index (χ3v) is 2.20. The van der Waals surface area contributed by atoms with Crippen LogP contribution in [0.2, 0.25) is 0 Å². The zero-order valence-electron chi connectivity index (χ0n) is 9.05. The summed E-state index contributed by atoms with van der Waals surface area (Å²) in [5.74, 6) is 1.01. The predicted molar refractivity (Wildman–Crippen MR) is 59.5 cm³/mol. The van der Waals surface area contributed by atoms with Crippen LogP contribution in [0.3, 0.4) is 0 Å². The first-order chi connectivity index (χ1) is 6.81. The summed E-state index contributed by atoms with van der Waals surface area (Å²) in [7, 11) is 0. The lowest BCUT2D eigenvalue weighted by molar-refractivity contribution is 0.314. The molecular weight excluding hydrogens is 174 g/mol. The van der Waals surface area contributed by atoms with Crippen molar-refractivity contribution in [2.24, 2.45) is 5.73 Å². The third-order valence-electron chi connectivity index (χ3n) is 2.20. The van der Waals surface area contributed by atoms with Crippen molar-refractivity contribution in [3.8, 4) is 5.75 Å². The third kappa shape index (κ3) is 2.74. The van der Waals surface area contributed by atoms with Gasteiger partial charge in [-0.25, -0.2) is 0 Å². The molecule has 2 N–H and O–H groups in total. The first-order valence-corrected chi connectivity index (χ1v) is 5.26. The van der Waals surface area contributed by atoms with Crippen molar-refractivity contribution >= 4 is 0 Å². The molecule has 0 amide bonds. The van der Waals surface area contributed by atoms with Gasteiger partial charge in [0.1, 0.15) is 5.75 Å². The van der Waals surface area contributed by atoms with Gasteiger partial charge in [0, 0.05) is 6.54 Å². The molecule has 0 radical (unpaired) electrons. The van der Waals surface area contributed by atoms with E-state index in [4.69, 9.17) is 10.5 Å². The van der Waals surface area contributed by atoms with E-state index in [1.807, 2.05) is 12.1 Å². The standard InChI is InChI=1S/C12H19NO/c1-3-7-14-12-6-5-10(9-13)8-11(12)4-2/h5-6,8H,3-4,7,9,13H2,1-2H3. The van der Waals surface area contributed by atoms with E-state index in [2.05, 4.69) is 19.9 Å². The number of aryl methyl sites for hydroxylation is 1. The SMILES string of the molecule is CCCOc1ccc(CN)cc1CC. The Morgan fingerprint density at radius 3 is 2.64 bits per heavy atom. The second-order valence-corrected chi connectivity index (χ2v) is 3.35. The second-order valence-electron chi connectivity index (χ2n) is 3.35. The van der Waals surface area contributed by atoms with Gasteiger partial charge in [0.25, 0.3) is 0 Å². The Morgan fingerprint density at radius 2 is 2.07 bits per heavy atom. The summed E-state index contributed by atoms with van der Waals surface area (Å²) in [5.41, 5.74) is 8.01. The molecule has 0 aliphatic rings. The fourth-order valence-corrected chi connectivity index (χ4v) is 1.39. The molecular formula is C12H19NO. The van der Waals surface area contributed by atoms with Crippen molar-refractivity contribution in [2.75, 3.05) is 6.61 Å². The van der Waals surface area contributed by atoms with E-state index >= 15 is 0 Å². The van der Waals surface area contributed by atoms with E-state index in [0.29, 0.717) is 6.54 Å². The Balaban J connectivity index is 2.82. The molecule has 78 valence electrons. The van der Waals surface area contributed by atoms with Crippen molar-refractivity contribution in [1.82, 2.24) is 0 Å². The number of rotatable bonds is 5. The molecule has 0 saturated carbocycles. The first kappa shape index (κ1) is 11.1. The molecule has 0 unspecified atom stereocenters. The minimum Gasteiger partial charge on any atom is -0.493 e. The molecule has 1 aromatic carbocycles. The largest absolute Gasteiger partial charge is 0.493 e. The molecule has 0 atom stereocenters. The Morgan fingerprint density at radius 1 is 1.29 bits per heavy atom. The van der Waals surface area contributed by atoms with Crippen molar-refractivity contribution in [3.63, 3.8) is 0 Å². The van der Waals surface area contributed by atoms with Crippen LogP contribution in [0.25, 0.3) is 0 Å². The first-order valence-electron chi connectivity index (χ1n) is 5.26. The predicted octanol–water partition coefficient (Wildman–Crippen LogP) is 2.50. The van der Waals surface area contributed by atoms with Gasteiger partial charge in [0.05, 0.1) is 6.61 Å². The molecule has 0 aliphatic carbocycles. The van der Waals surface area contributed by atoms with E-state index in [1.54, 1.807) is 0 Å². The molecule has 0 heterocycles. The van der Waals surface area contributed by atoms with Crippen molar-refractivity contribution in [3.05, 3.63) is 29.3 Å². The minimum atomic E-state index is 0.598. The Bertz CT molecular complexity index is 284. The van der Waals surface area contributed by atoms with Crippen LogP contribution in [0.1, 0.15) is 31.4 Å². The molecule has 0 bridgehead atoms. The molecule has 1 rings (SSSR count). The maximum atomic E-state index is 5.64. The maximum absolute atomic E-state index is 5.64. The highest BCUT2D eigenvalue weighted by atomic mass is 16.5. The van der Waals surface area contributed by atoms with Crippen LogP contribution < -0.4 is 10.5 Å². The van der Waals surface area contributed by atoms with E-state index in [0.717, 1.165) is 25.2 Å². The average Bonchev–Trinajstić information content (AvgIpc) is 2.26. The summed E-state index contributed by atoms with van der Waals surface area (Å²) in [4.78, 5) is 0. The van der Waals surface area contributed by atoms with Crippen LogP contribution in [0, 0.1) is 0 Å². The molecule has 0 saturated heterocycles. The van der Waals surface area contributed by atoms with Gasteiger partial charge in [0.2, 0.25) is 0 Å². The van der Waals surface area contributed by atoms with Gasteiger partial charge >= 0.3 is 0 Å². The fourth-order valence-electron chi connectivity index (χ4n) is 1.39. The molecule has 1 aromatic rings. The van der Waals surface area contributed by atoms with Gasteiger partial charge in [-0.3, -0.25) is 0 Å². The lowest BCUT2D eigenvalue weighted by Crippen LogP contribution is -2.01. The molecule has 2 heteroatoms. The number of nitrogens with two attached hydrogens (primary N) is 1. The monoisotopic (exact) mass is 193 g/mol. The average molecular weight is 193 g/mol. The Labute approximate surface area is 86.1 Å². The number of hydrogen-bond donors (Lipinski definition) is 1.